The molecule has 4 nitrogen and oxygen atoms in total. The van der Waals surface area contributed by atoms with Gasteiger partial charge in [-0.2, -0.15) is 0 Å². The quantitative estimate of drug-likeness (QED) is 0.772. The largest absolute Gasteiger partial charge is 0.443 e. The number of hydrogen-bond donors (Lipinski definition) is 0. The molecule has 98 valence electrons. The van der Waals surface area contributed by atoms with Crippen molar-refractivity contribution in [2.75, 3.05) is 11.9 Å². The zero-order valence-corrected chi connectivity index (χ0v) is 11.6. The maximum atomic E-state index is 11.9. The van der Waals surface area contributed by atoms with Gasteiger partial charge in [0.25, 0.3) is 0 Å². The average Bonchev–Trinajstić information content (AvgIpc) is 2.26. The minimum Gasteiger partial charge on any atom is -0.443 e. The van der Waals surface area contributed by atoms with E-state index in [1.165, 1.54) is 4.90 Å². The lowest BCUT2D eigenvalue weighted by atomic mass is 10.2. The predicted molar refractivity (Wildman–Crippen MR) is 71.5 cm³/mol. The van der Waals surface area contributed by atoms with Crippen LogP contribution in [0.4, 0.5) is 10.5 Å². The van der Waals surface area contributed by atoms with E-state index in [9.17, 15) is 9.59 Å². The summed E-state index contributed by atoms with van der Waals surface area (Å²) in [6, 6.07) is 4.70. The maximum absolute atomic E-state index is 11.9. The normalized spacial score (nSPS) is 10.9. The van der Waals surface area contributed by atoms with Gasteiger partial charge in [-0.3, -0.25) is 9.69 Å². The highest BCUT2D eigenvalue weighted by Crippen LogP contribution is 2.27. The molecular weight excluding hydrogens is 254 g/mol. The van der Waals surface area contributed by atoms with Crippen LogP contribution in [0.25, 0.3) is 0 Å². The van der Waals surface area contributed by atoms with Gasteiger partial charge >= 0.3 is 6.09 Å². The van der Waals surface area contributed by atoms with Crippen molar-refractivity contribution in [1.82, 2.24) is 0 Å². The van der Waals surface area contributed by atoms with Gasteiger partial charge in [0.2, 0.25) is 0 Å². The van der Waals surface area contributed by atoms with Crippen LogP contribution in [0.2, 0.25) is 5.02 Å². The molecule has 5 heteroatoms. The first-order valence-corrected chi connectivity index (χ1v) is 5.84. The molecule has 0 heterocycles. The molecule has 0 aromatic heterocycles. The number of anilines is 1. The Morgan fingerprint density at radius 2 is 2.00 bits per heavy atom. The van der Waals surface area contributed by atoms with E-state index in [1.807, 2.05) is 0 Å². The SMILES string of the molecule is CN(C(=O)OC(C)(C)C)c1cc(C=O)ccc1Cl. The minimum atomic E-state index is -0.583. The number of amides is 1. The molecule has 0 saturated heterocycles. The van der Waals surface area contributed by atoms with Crippen LogP contribution in [-0.2, 0) is 4.74 Å². The second-order valence-corrected chi connectivity index (χ2v) is 5.28. The first-order chi connectivity index (χ1) is 8.24. The maximum Gasteiger partial charge on any atom is 0.414 e. The fourth-order valence-electron chi connectivity index (χ4n) is 1.29. The summed E-state index contributed by atoms with van der Waals surface area (Å²) in [7, 11) is 1.55. The van der Waals surface area contributed by atoms with Gasteiger partial charge in [-0.15, -0.1) is 0 Å². The number of benzene rings is 1. The van der Waals surface area contributed by atoms with E-state index in [-0.39, 0.29) is 0 Å². The van der Waals surface area contributed by atoms with Gasteiger partial charge in [-0.25, -0.2) is 4.79 Å². The number of carbonyl (C=O) groups is 2. The third kappa shape index (κ3) is 3.74. The van der Waals surface area contributed by atoms with Crippen LogP contribution in [0.15, 0.2) is 18.2 Å². The highest BCUT2D eigenvalue weighted by molar-refractivity contribution is 6.33. The third-order valence-electron chi connectivity index (χ3n) is 2.13. The first-order valence-electron chi connectivity index (χ1n) is 5.46. The number of hydrogen-bond acceptors (Lipinski definition) is 3. The van der Waals surface area contributed by atoms with Crippen LogP contribution < -0.4 is 4.90 Å². The molecule has 0 aliphatic rings. The Hall–Kier alpha value is -1.55. The average molecular weight is 270 g/mol. The van der Waals surface area contributed by atoms with E-state index in [0.29, 0.717) is 22.6 Å². The monoisotopic (exact) mass is 269 g/mol. The zero-order chi connectivity index (χ0) is 13.9. The van der Waals surface area contributed by atoms with E-state index in [1.54, 1.807) is 46.0 Å². The molecule has 1 aromatic rings. The molecular formula is C13H16ClNO3. The molecule has 0 aliphatic heterocycles. The second kappa shape index (κ2) is 5.40. The standard InChI is InChI=1S/C13H16ClNO3/c1-13(2,3)18-12(17)15(4)11-7-9(8-16)5-6-10(11)14/h5-8H,1-4H3. The Bertz CT molecular complexity index is 466. The molecule has 0 N–H and O–H groups in total. The summed E-state index contributed by atoms with van der Waals surface area (Å²) in [4.78, 5) is 23.9. The molecule has 1 amide bonds. The molecule has 0 saturated carbocycles. The Balaban J connectivity index is 2.99. The summed E-state index contributed by atoms with van der Waals surface area (Å²) in [5.41, 5.74) is 0.306. The van der Waals surface area contributed by atoms with Crippen LogP contribution in [-0.4, -0.2) is 25.0 Å². The molecule has 0 bridgehead atoms. The molecule has 0 fully saturated rings. The van der Waals surface area contributed by atoms with Gasteiger partial charge in [0.15, 0.2) is 0 Å². The predicted octanol–water partition coefficient (Wildman–Crippen LogP) is 3.52. The van der Waals surface area contributed by atoms with Crippen molar-refractivity contribution >= 4 is 29.7 Å². The lowest BCUT2D eigenvalue weighted by Gasteiger charge is -2.25. The van der Waals surface area contributed by atoms with E-state index in [2.05, 4.69) is 0 Å². The van der Waals surface area contributed by atoms with Crippen LogP contribution in [0.5, 0.6) is 0 Å². The Kier molecular flexibility index (Phi) is 4.35. The molecule has 1 rings (SSSR count). The summed E-state index contributed by atoms with van der Waals surface area (Å²) < 4.78 is 5.22. The van der Waals surface area contributed by atoms with Gasteiger partial charge < -0.3 is 4.74 Å². The fourth-order valence-corrected chi connectivity index (χ4v) is 1.53. The lowest BCUT2D eigenvalue weighted by Crippen LogP contribution is -2.34. The van der Waals surface area contributed by atoms with Crippen molar-refractivity contribution in [1.29, 1.82) is 0 Å². The number of nitrogens with zero attached hydrogens (tertiary/aromatic N) is 1. The number of aldehydes is 1. The summed E-state index contributed by atoms with van der Waals surface area (Å²) >= 11 is 6.00. The van der Waals surface area contributed by atoms with Gasteiger partial charge in [-0.05, 0) is 32.9 Å². The summed E-state index contributed by atoms with van der Waals surface area (Å²) in [5, 5.41) is 0.383. The number of carbonyl (C=O) groups excluding carboxylic acids is 2. The number of halogens is 1. The van der Waals surface area contributed by atoms with Crippen molar-refractivity contribution in [2.24, 2.45) is 0 Å². The van der Waals surface area contributed by atoms with Crippen molar-refractivity contribution in [3.8, 4) is 0 Å². The Morgan fingerprint density at radius 1 is 1.39 bits per heavy atom. The van der Waals surface area contributed by atoms with Crippen molar-refractivity contribution in [2.45, 2.75) is 26.4 Å². The third-order valence-corrected chi connectivity index (χ3v) is 2.45. The Morgan fingerprint density at radius 3 is 2.50 bits per heavy atom. The molecule has 0 aliphatic carbocycles. The summed E-state index contributed by atoms with van der Waals surface area (Å²) in [6.07, 6.45) is 0.176. The van der Waals surface area contributed by atoms with Crippen LogP contribution in [0.3, 0.4) is 0 Å². The van der Waals surface area contributed by atoms with Crippen LogP contribution >= 0.6 is 11.6 Å². The second-order valence-electron chi connectivity index (χ2n) is 4.87. The van der Waals surface area contributed by atoms with E-state index >= 15 is 0 Å². The van der Waals surface area contributed by atoms with Crippen LogP contribution in [0, 0.1) is 0 Å². The van der Waals surface area contributed by atoms with Gasteiger partial charge in [0.05, 0.1) is 10.7 Å². The van der Waals surface area contributed by atoms with Gasteiger partial charge in [0, 0.05) is 12.6 Å². The lowest BCUT2D eigenvalue weighted by molar-refractivity contribution is 0.0589. The zero-order valence-electron chi connectivity index (χ0n) is 10.9. The molecule has 0 unspecified atom stereocenters. The molecule has 0 radical (unpaired) electrons. The van der Waals surface area contributed by atoms with Gasteiger partial charge in [-0.1, -0.05) is 17.7 Å². The minimum absolute atomic E-state index is 0.383. The van der Waals surface area contributed by atoms with Crippen LogP contribution in [0.1, 0.15) is 31.1 Å². The van der Waals surface area contributed by atoms with Crippen molar-refractivity contribution < 1.29 is 14.3 Å². The number of rotatable bonds is 2. The topological polar surface area (TPSA) is 46.6 Å². The van der Waals surface area contributed by atoms with E-state index in [0.717, 1.165) is 0 Å². The Labute approximate surface area is 111 Å². The van der Waals surface area contributed by atoms with Crippen molar-refractivity contribution in [3.05, 3.63) is 28.8 Å². The highest BCUT2D eigenvalue weighted by atomic mass is 35.5. The van der Waals surface area contributed by atoms with Crippen molar-refractivity contribution in [3.63, 3.8) is 0 Å². The molecule has 0 atom stereocenters. The molecule has 1 aromatic carbocycles. The highest BCUT2D eigenvalue weighted by Gasteiger charge is 2.22. The molecule has 0 spiro atoms. The number of ether oxygens (including phenoxy) is 1. The van der Waals surface area contributed by atoms with Gasteiger partial charge in [0.1, 0.15) is 11.9 Å². The fraction of sp³-hybridized carbons (Fsp3) is 0.385. The van der Waals surface area contributed by atoms with E-state index < -0.39 is 11.7 Å². The summed E-state index contributed by atoms with van der Waals surface area (Å²) in [6.45, 7) is 5.34. The smallest absolute Gasteiger partial charge is 0.414 e. The molecule has 18 heavy (non-hydrogen) atoms. The first kappa shape index (κ1) is 14.5. The summed E-state index contributed by atoms with van der Waals surface area (Å²) in [5.74, 6) is 0. The van der Waals surface area contributed by atoms with E-state index in [4.69, 9.17) is 16.3 Å².